The normalized spacial score (nSPS) is 10.6. The van der Waals surface area contributed by atoms with Gasteiger partial charge in [0.1, 0.15) is 0 Å². The second-order valence-corrected chi connectivity index (χ2v) is 4.12. The van der Waals surface area contributed by atoms with Gasteiger partial charge in [-0.3, -0.25) is 0 Å². The fraction of sp³-hybridized carbons (Fsp3) is 0.357. The van der Waals surface area contributed by atoms with Gasteiger partial charge in [-0.2, -0.15) is 5.10 Å². The van der Waals surface area contributed by atoms with Gasteiger partial charge in [-0.05, 0) is 25.5 Å². The van der Waals surface area contributed by atoms with Crippen molar-refractivity contribution in [2.24, 2.45) is 5.73 Å². The van der Waals surface area contributed by atoms with Gasteiger partial charge in [0.2, 0.25) is 0 Å². The molecular weight excluding hydrogens is 224 g/mol. The third kappa shape index (κ3) is 2.38. The summed E-state index contributed by atoms with van der Waals surface area (Å²) in [5, 5.41) is 4.62. The van der Waals surface area contributed by atoms with Crippen LogP contribution in [0.3, 0.4) is 0 Å². The third-order valence-corrected chi connectivity index (χ3v) is 3.12. The molecule has 1 aromatic heterocycles. The van der Waals surface area contributed by atoms with Crippen LogP contribution in [0.25, 0.3) is 5.69 Å². The lowest BCUT2D eigenvalue weighted by Crippen LogP contribution is -2.22. The highest BCUT2D eigenvalue weighted by molar-refractivity contribution is 5.44. The Labute approximate surface area is 108 Å². The molecule has 4 heteroatoms. The first-order chi connectivity index (χ1) is 8.80. The van der Waals surface area contributed by atoms with Crippen molar-refractivity contribution in [3.8, 4) is 5.69 Å². The standard InChI is InChI=1S/C14H20N4/c1-3-17(4-2)14-9-10-18(16-14)13-8-6-5-7-12(13)11-15/h5-10H,3-4,11,15H2,1-2H3. The summed E-state index contributed by atoms with van der Waals surface area (Å²) in [5.74, 6) is 1.01. The van der Waals surface area contributed by atoms with E-state index in [0.717, 1.165) is 30.2 Å². The molecule has 0 atom stereocenters. The van der Waals surface area contributed by atoms with E-state index in [9.17, 15) is 0 Å². The lowest BCUT2D eigenvalue weighted by atomic mass is 10.2. The second kappa shape index (κ2) is 5.69. The van der Waals surface area contributed by atoms with Gasteiger partial charge in [0.15, 0.2) is 5.82 Å². The van der Waals surface area contributed by atoms with Crippen LogP contribution < -0.4 is 10.6 Å². The van der Waals surface area contributed by atoms with Crippen molar-refractivity contribution in [2.45, 2.75) is 20.4 Å². The zero-order chi connectivity index (χ0) is 13.0. The SMILES string of the molecule is CCN(CC)c1ccn(-c2ccccc2CN)n1. The van der Waals surface area contributed by atoms with Crippen molar-refractivity contribution >= 4 is 5.82 Å². The summed E-state index contributed by atoms with van der Waals surface area (Å²) in [4.78, 5) is 2.22. The molecule has 0 fully saturated rings. The molecule has 0 unspecified atom stereocenters. The number of nitrogens with two attached hydrogens (primary N) is 1. The summed E-state index contributed by atoms with van der Waals surface area (Å²) in [7, 11) is 0. The quantitative estimate of drug-likeness (QED) is 0.877. The summed E-state index contributed by atoms with van der Waals surface area (Å²) in [6.07, 6.45) is 1.99. The Morgan fingerprint density at radius 1 is 1.17 bits per heavy atom. The van der Waals surface area contributed by atoms with Crippen LogP contribution in [0.15, 0.2) is 36.5 Å². The molecule has 0 saturated heterocycles. The van der Waals surface area contributed by atoms with Crippen LogP contribution in [0.2, 0.25) is 0 Å². The maximum absolute atomic E-state index is 5.76. The first-order valence-corrected chi connectivity index (χ1v) is 6.39. The minimum absolute atomic E-state index is 0.524. The second-order valence-electron chi connectivity index (χ2n) is 4.12. The minimum Gasteiger partial charge on any atom is -0.356 e. The van der Waals surface area contributed by atoms with Crippen LogP contribution in [-0.2, 0) is 6.54 Å². The first-order valence-electron chi connectivity index (χ1n) is 6.39. The number of hydrogen-bond acceptors (Lipinski definition) is 3. The zero-order valence-corrected chi connectivity index (χ0v) is 11.0. The summed E-state index contributed by atoms with van der Waals surface area (Å²) >= 11 is 0. The Morgan fingerprint density at radius 3 is 2.56 bits per heavy atom. The number of rotatable bonds is 5. The van der Waals surface area contributed by atoms with E-state index in [0.29, 0.717) is 6.54 Å². The highest BCUT2D eigenvalue weighted by Crippen LogP contribution is 2.17. The fourth-order valence-electron chi connectivity index (χ4n) is 2.07. The van der Waals surface area contributed by atoms with Gasteiger partial charge in [-0.25, -0.2) is 4.68 Å². The van der Waals surface area contributed by atoms with E-state index in [-0.39, 0.29) is 0 Å². The molecule has 0 spiro atoms. The molecule has 2 N–H and O–H groups in total. The number of anilines is 1. The molecule has 1 aromatic carbocycles. The Kier molecular flexibility index (Phi) is 3.99. The van der Waals surface area contributed by atoms with E-state index in [1.54, 1.807) is 0 Å². The van der Waals surface area contributed by atoms with Crippen molar-refractivity contribution in [2.75, 3.05) is 18.0 Å². The highest BCUT2D eigenvalue weighted by atomic mass is 15.3. The van der Waals surface area contributed by atoms with Gasteiger partial charge >= 0.3 is 0 Å². The molecule has 0 amide bonds. The molecule has 2 rings (SSSR count). The summed E-state index contributed by atoms with van der Waals surface area (Å²) < 4.78 is 1.90. The zero-order valence-electron chi connectivity index (χ0n) is 11.0. The minimum atomic E-state index is 0.524. The molecule has 1 heterocycles. The molecule has 2 aromatic rings. The lowest BCUT2D eigenvalue weighted by Gasteiger charge is -2.17. The fourth-order valence-corrected chi connectivity index (χ4v) is 2.07. The number of aromatic nitrogens is 2. The van der Waals surface area contributed by atoms with Crippen LogP contribution in [0.4, 0.5) is 5.82 Å². The summed E-state index contributed by atoms with van der Waals surface area (Å²) in [6.45, 7) is 6.72. The smallest absolute Gasteiger partial charge is 0.150 e. The molecule has 0 aliphatic carbocycles. The number of para-hydroxylation sites is 1. The molecule has 0 radical (unpaired) electrons. The van der Waals surface area contributed by atoms with E-state index in [1.165, 1.54) is 0 Å². The Hall–Kier alpha value is -1.81. The van der Waals surface area contributed by atoms with Crippen LogP contribution in [-0.4, -0.2) is 22.9 Å². The van der Waals surface area contributed by atoms with Gasteiger partial charge in [-0.15, -0.1) is 0 Å². The molecule has 0 aliphatic rings. The van der Waals surface area contributed by atoms with Crippen LogP contribution in [0.5, 0.6) is 0 Å². The molecule has 4 nitrogen and oxygen atoms in total. The van der Waals surface area contributed by atoms with Gasteiger partial charge in [0, 0.05) is 31.9 Å². The molecular formula is C14H20N4. The Balaban J connectivity index is 2.34. The monoisotopic (exact) mass is 244 g/mol. The van der Waals surface area contributed by atoms with Crippen molar-refractivity contribution < 1.29 is 0 Å². The number of nitrogens with zero attached hydrogens (tertiary/aromatic N) is 3. The van der Waals surface area contributed by atoms with Gasteiger partial charge in [-0.1, -0.05) is 18.2 Å². The summed E-state index contributed by atoms with van der Waals surface area (Å²) in [6, 6.07) is 10.1. The van der Waals surface area contributed by atoms with Crippen molar-refractivity contribution in [3.05, 3.63) is 42.1 Å². The number of hydrogen-bond donors (Lipinski definition) is 1. The molecule has 0 bridgehead atoms. The van der Waals surface area contributed by atoms with Gasteiger partial charge in [0.25, 0.3) is 0 Å². The predicted molar refractivity (Wildman–Crippen MR) is 75.0 cm³/mol. The maximum atomic E-state index is 5.76. The molecule has 96 valence electrons. The third-order valence-electron chi connectivity index (χ3n) is 3.12. The Bertz CT molecular complexity index is 500. The van der Waals surface area contributed by atoms with E-state index < -0.39 is 0 Å². The first kappa shape index (κ1) is 12.6. The predicted octanol–water partition coefficient (Wildman–Crippen LogP) is 2.18. The summed E-state index contributed by atoms with van der Waals surface area (Å²) in [5.41, 5.74) is 7.91. The van der Waals surface area contributed by atoms with E-state index in [4.69, 9.17) is 5.73 Å². The Morgan fingerprint density at radius 2 is 1.89 bits per heavy atom. The van der Waals surface area contributed by atoms with Crippen molar-refractivity contribution in [3.63, 3.8) is 0 Å². The largest absolute Gasteiger partial charge is 0.356 e. The van der Waals surface area contributed by atoms with Crippen molar-refractivity contribution in [1.29, 1.82) is 0 Å². The molecule has 18 heavy (non-hydrogen) atoms. The average molecular weight is 244 g/mol. The topological polar surface area (TPSA) is 47.1 Å². The maximum Gasteiger partial charge on any atom is 0.150 e. The van der Waals surface area contributed by atoms with Crippen LogP contribution in [0.1, 0.15) is 19.4 Å². The average Bonchev–Trinajstić information content (AvgIpc) is 2.89. The highest BCUT2D eigenvalue weighted by Gasteiger charge is 2.08. The van der Waals surface area contributed by atoms with Crippen LogP contribution in [0, 0.1) is 0 Å². The van der Waals surface area contributed by atoms with Gasteiger partial charge < -0.3 is 10.6 Å². The van der Waals surface area contributed by atoms with Gasteiger partial charge in [0.05, 0.1) is 5.69 Å². The van der Waals surface area contributed by atoms with E-state index in [2.05, 4.69) is 23.8 Å². The van der Waals surface area contributed by atoms with Crippen molar-refractivity contribution in [1.82, 2.24) is 9.78 Å². The van der Waals surface area contributed by atoms with E-state index >= 15 is 0 Å². The van der Waals surface area contributed by atoms with E-state index in [1.807, 2.05) is 41.2 Å². The molecule has 0 aliphatic heterocycles. The lowest BCUT2D eigenvalue weighted by molar-refractivity contribution is 0.800. The van der Waals surface area contributed by atoms with Crippen LogP contribution >= 0.6 is 0 Å². The molecule has 0 saturated carbocycles. The number of benzene rings is 1.